The number of carbonyl (C=O) groups excluding carboxylic acids is 2. The van der Waals surface area contributed by atoms with Gasteiger partial charge < -0.3 is 26.4 Å². The maximum absolute atomic E-state index is 14.2. The summed E-state index contributed by atoms with van der Waals surface area (Å²) in [7, 11) is 0. The van der Waals surface area contributed by atoms with E-state index in [1.807, 2.05) is 33.8 Å². The molecule has 1 heterocycles. The molecule has 9 heteroatoms. The van der Waals surface area contributed by atoms with Gasteiger partial charge >= 0.3 is 63.3 Å². The van der Waals surface area contributed by atoms with Crippen LogP contribution in [0.2, 0.25) is 0 Å². The van der Waals surface area contributed by atoms with Gasteiger partial charge in [0.15, 0.2) is 0 Å². The van der Waals surface area contributed by atoms with Crippen LogP contribution in [0.5, 0.6) is 0 Å². The van der Waals surface area contributed by atoms with Crippen LogP contribution in [0.4, 0.5) is 0 Å². The minimum Gasteiger partial charge on any atom is -0.481 e. The fraction of sp³-hybridized carbons (Fsp3) is 0.766. The van der Waals surface area contributed by atoms with Crippen molar-refractivity contribution in [2.45, 2.75) is 171 Å². The van der Waals surface area contributed by atoms with Gasteiger partial charge in [0.25, 0.3) is 0 Å². The molecule has 3 N–H and O–H groups in total. The van der Waals surface area contributed by atoms with E-state index in [9.17, 15) is 19.5 Å². The third kappa shape index (κ3) is 8.39. The minimum atomic E-state index is -1.14. The largest absolute Gasteiger partial charge is 1.00 e. The number of amides is 1. The van der Waals surface area contributed by atoms with Crippen LogP contribution in [-0.2, 0) is 19.1 Å². The smallest absolute Gasteiger partial charge is 0.481 e. The molecule has 0 bridgehead atoms. The van der Waals surface area contributed by atoms with E-state index in [2.05, 4.69) is 76.6 Å². The summed E-state index contributed by atoms with van der Waals surface area (Å²) in [5.74, 6) is 2.77. The molecule has 5 saturated carbocycles. The van der Waals surface area contributed by atoms with Crippen LogP contribution in [0.15, 0.2) is 42.5 Å². The summed E-state index contributed by atoms with van der Waals surface area (Å²) >= 11 is 0. The van der Waals surface area contributed by atoms with Crippen LogP contribution in [0.1, 0.15) is 153 Å². The molecule has 9 unspecified atom stereocenters. The summed E-state index contributed by atoms with van der Waals surface area (Å²) < 4.78 is 6.15. The molecule has 310 valence electrons. The number of esters is 1. The molecule has 6 aliphatic carbocycles. The number of carboxylic acid groups (broad SMARTS) is 1. The van der Waals surface area contributed by atoms with Gasteiger partial charge in [0.1, 0.15) is 11.9 Å². The third-order valence-corrected chi connectivity index (χ3v) is 16.0. The molecular formula is C47H76KN3O5. The van der Waals surface area contributed by atoms with Gasteiger partial charge in [-0.05, 0) is 69.6 Å². The molecule has 0 saturated heterocycles. The van der Waals surface area contributed by atoms with Crippen molar-refractivity contribution in [2.24, 2.45) is 55.2 Å². The van der Waals surface area contributed by atoms with Crippen LogP contribution in [0, 0.1) is 56.2 Å². The molecule has 10 atom stereocenters. The molecule has 0 radical (unpaired) electrons. The van der Waals surface area contributed by atoms with Crippen molar-refractivity contribution in [3.05, 3.63) is 43.4 Å². The Morgan fingerprint density at radius 1 is 0.929 bits per heavy atom. The predicted octanol–water partition coefficient (Wildman–Crippen LogP) is 7.05. The number of ether oxygens (including phenoxy) is 1. The third-order valence-electron chi connectivity index (χ3n) is 16.0. The summed E-state index contributed by atoms with van der Waals surface area (Å²) in [5, 5.41) is 16.4. The fourth-order valence-electron chi connectivity index (χ4n) is 13.1. The van der Waals surface area contributed by atoms with Crippen molar-refractivity contribution in [2.75, 3.05) is 6.54 Å². The van der Waals surface area contributed by atoms with E-state index >= 15 is 0 Å². The van der Waals surface area contributed by atoms with E-state index in [4.69, 9.17) is 9.73 Å². The molecule has 0 aromatic heterocycles. The SMILES string of the molecule is C=C.CC.CC.CC(C)(CC(=O)OC1CCC2(C)C(CCC3(C)C2CC[C-]2C4CCCC4(C(=O)NCC4=NC5C=CC=CC5N4)CC[C@]23C)C1(C)C)C(=O)O.[K+]. The second-order valence-electron chi connectivity index (χ2n) is 19.0. The van der Waals surface area contributed by atoms with Crippen LogP contribution in [-0.4, -0.2) is 53.5 Å². The van der Waals surface area contributed by atoms with Gasteiger partial charge in [-0.25, -0.2) is 0 Å². The quantitative estimate of drug-likeness (QED) is 0.110. The van der Waals surface area contributed by atoms with Crippen LogP contribution in [0.25, 0.3) is 0 Å². The van der Waals surface area contributed by atoms with Crippen molar-refractivity contribution >= 4 is 23.7 Å². The Bertz CT molecular complexity index is 1510. The van der Waals surface area contributed by atoms with Gasteiger partial charge in [-0.3, -0.25) is 19.4 Å². The average molecular weight is 802 g/mol. The number of aliphatic carboxylic acids is 1. The van der Waals surface area contributed by atoms with Crippen molar-refractivity contribution in [3.8, 4) is 0 Å². The van der Waals surface area contributed by atoms with E-state index in [-0.39, 0.29) is 109 Å². The minimum absolute atomic E-state index is 0. The summed E-state index contributed by atoms with van der Waals surface area (Å²) in [4.78, 5) is 43.8. The van der Waals surface area contributed by atoms with Crippen LogP contribution < -0.4 is 62.0 Å². The Morgan fingerprint density at radius 2 is 1.59 bits per heavy atom. The number of aliphatic imine (C=N–C) groups is 1. The number of hydrogen-bond acceptors (Lipinski definition) is 6. The number of carbonyl (C=O) groups is 3. The first-order valence-electron chi connectivity index (χ1n) is 21.7. The summed E-state index contributed by atoms with van der Waals surface area (Å²) in [6.45, 7) is 29.9. The second kappa shape index (κ2) is 19.0. The Hall–Kier alpha value is -1.26. The maximum Gasteiger partial charge on any atom is 1.00 e. The molecular weight excluding hydrogens is 726 g/mol. The number of allylic oxidation sites excluding steroid dienone is 2. The van der Waals surface area contributed by atoms with E-state index in [0.717, 1.165) is 70.0 Å². The molecule has 7 aliphatic rings. The maximum atomic E-state index is 14.2. The van der Waals surface area contributed by atoms with Crippen molar-refractivity contribution in [1.29, 1.82) is 0 Å². The van der Waals surface area contributed by atoms with E-state index < -0.39 is 17.4 Å². The summed E-state index contributed by atoms with van der Waals surface area (Å²) in [5.41, 5.74) is -1.25. The van der Waals surface area contributed by atoms with Gasteiger partial charge in [0.2, 0.25) is 5.91 Å². The second-order valence-corrected chi connectivity index (χ2v) is 19.0. The molecule has 0 aromatic carbocycles. The van der Waals surface area contributed by atoms with Gasteiger partial charge in [0.05, 0.1) is 30.5 Å². The number of rotatable bonds is 7. The normalized spacial score (nSPS) is 38.4. The van der Waals surface area contributed by atoms with Crippen molar-refractivity contribution < 1.29 is 75.6 Å². The predicted molar refractivity (Wildman–Crippen MR) is 224 cm³/mol. The zero-order valence-corrected chi connectivity index (χ0v) is 40.5. The Morgan fingerprint density at radius 3 is 2.23 bits per heavy atom. The van der Waals surface area contributed by atoms with Crippen molar-refractivity contribution in [1.82, 2.24) is 10.6 Å². The molecule has 0 spiro atoms. The first-order chi connectivity index (χ1) is 26.0. The molecule has 8 nitrogen and oxygen atoms in total. The van der Waals surface area contributed by atoms with Gasteiger partial charge in [-0.2, -0.15) is 6.42 Å². The number of hydrogen-bond donors (Lipinski definition) is 3. The number of carboxylic acids is 1. The standard InChI is InChI=1S/C41H60N3O5.2C2H6.C2H4.K/c1-36(2,35(47)48)23-33(45)49-31-17-19-38(5)29(37(31,3)4)16-20-40(7)30(38)15-14-25-26-11-10-18-41(26,22-21-39(25,40)6)34(46)42-24-32-43-27-12-8-9-13-28(27)44-32;3*1-2;/h8-9,12-13,26-31H,10-11,14-24H2,1-7H3,(H,42,46)(H,43,44)(H,47,48);2*1-2H3;1-2H2;/q-1;;;;+1/t26?,27?,28?,29?,30?,31?,38?,39-,40?,41?;;;;/m1..../s1. The van der Waals surface area contributed by atoms with Crippen molar-refractivity contribution in [3.63, 3.8) is 0 Å². The van der Waals surface area contributed by atoms with Gasteiger partial charge in [-0.15, -0.1) is 24.5 Å². The Kier molecular flexibility index (Phi) is 16.6. The van der Waals surface area contributed by atoms with E-state index in [1.165, 1.54) is 6.42 Å². The first-order valence-corrected chi connectivity index (χ1v) is 21.7. The molecule has 7 rings (SSSR count). The number of nitrogens with one attached hydrogen (secondary N) is 2. The fourth-order valence-corrected chi connectivity index (χ4v) is 13.1. The number of amidine groups is 1. The van der Waals surface area contributed by atoms with E-state index in [1.54, 1.807) is 19.8 Å². The molecule has 56 heavy (non-hydrogen) atoms. The summed E-state index contributed by atoms with van der Waals surface area (Å²) in [6.07, 6.45) is 19.7. The zero-order chi connectivity index (χ0) is 41.2. The van der Waals surface area contributed by atoms with Crippen LogP contribution in [0.3, 0.4) is 0 Å². The molecule has 1 aliphatic heterocycles. The Balaban J connectivity index is 0.00000115. The molecule has 5 fully saturated rings. The van der Waals surface area contributed by atoms with Crippen LogP contribution >= 0.6 is 0 Å². The molecule has 1 amide bonds. The number of fused-ring (bicyclic) bond motifs is 8. The van der Waals surface area contributed by atoms with Gasteiger partial charge in [0, 0.05) is 10.8 Å². The first kappa shape index (κ1) is 49.1. The molecule has 0 aromatic rings. The van der Waals surface area contributed by atoms with E-state index in [0.29, 0.717) is 24.3 Å². The summed E-state index contributed by atoms with van der Waals surface area (Å²) in [6, 6.07) is 0.319. The monoisotopic (exact) mass is 802 g/mol. The zero-order valence-electron chi connectivity index (χ0n) is 37.4. The average Bonchev–Trinajstić information content (AvgIpc) is 3.79. The Labute approximate surface area is 383 Å². The van der Waals surface area contributed by atoms with Gasteiger partial charge in [-0.1, -0.05) is 118 Å². The topological polar surface area (TPSA) is 117 Å². The number of nitrogens with zero attached hydrogens (tertiary/aromatic N) is 1.